The Balaban J connectivity index is 2.32. The van der Waals surface area contributed by atoms with Crippen LogP contribution in [-0.2, 0) is 6.42 Å². The summed E-state index contributed by atoms with van der Waals surface area (Å²) in [5.41, 5.74) is 6.32. The lowest BCUT2D eigenvalue weighted by molar-refractivity contribution is 0.549. The third-order valence-electron chi connectivity index (χ3n) is 3.77. The number of likely N-dealkylation sites (N-methyl/N-ethyl adjacent to an activating group) is 1. The molecule has 2 aromatic rings. The van der Waals surface area contributed by atoms with Crippen molar-refractivity contribution in [2.45, 2.75) is 40.2 Å². The van der Waals surface area contributed by atoms with Crippen molar-refractivity contribution in [3.05, 3.63) is 69.2 Å². The summed E-state index contributed by atoms with van der Waals surface area (Å²) in [7, 11) is 0. The Morgan fingerprint density at radius 3 is 2.33 bits per heavy atom. The molecule has 21 heavy (non-hydrogen) atoms. The molecule has 0 aliphatic carbocycles. The number of nitrogens with one attached hydrogen (secondary N) is 1. The van der Waals surface area contributed by atoms with Crippen molar-refractivity contribution in [3.63, 3.8) is 0 Å². The zero-order valence-electron chi connectivity index (χ0n) is 13.3. The van der Waals surface area contributed by atoms with Crippen molar-refractivity contribution in [1.29, 1.82) is 0 Å². The van der Waals surface area contributed by atoms with Crippen LogP contribution in [0.15, 0.2) is 36.4 Å². The number of halogens is 1. The van der Waals surface area contributed by atoms with E-state index in [-0.39, 0.29) is 6.04 Å². The third-order valence-corrected chi connectivity index (χ3v) is 4.29. The van der Waals surface area contributed by atoms with Crippen molar-refractivity contribution >= 4 is 11.6 Å². The second kappa shape index (κ2) is 7.11. The Morgan fingerprint density at radius 2 is 1.71 bits per heavy atom. The van der Waals surface area contributed by atoms with Crippen molar-refractivity contribution in [2.24, 2.45) is 0 Å². The lowest BCUT2D eigenvalue weighted by Crippen LogP contribution is -2.23. The largest absolute Gasteiger partial charge is 0.310 e. The first-order valence-corrected chi connectivity index (χ1v) is 7.94. The van der Waals surface area contributed by atoms with Crippen molar-refractivity contribution in [1.82, 2.24) is 5.32 Å². The van der Waals surface area contributed by atoms with E-state index in [0.717, 1.165) is 23.6 Å². The second-order valence-corrected chi connectivity index (χ2v) is 6.17. The fourth-order valence-electron chi connectivity index (χ4n) is 2.90. The molecule has 0 saturated carbocycles. The fourth-order valence-corrected chi connectivity index (χ4v) is 3.16. The maximum Gasteiger partial charge on any atom is 0.0483 e. The van der Waals surface area contributed by atoms with Crippen LogP contribution in [-0.4, -0.2) is 6.54 Å². The average molecular weight is 302 g/mol. The van der Waals surface area contributed by atoms with Gasteiger partial charge in [0, 0.05) is 11.1 Å². The zero-order chi connectivity index (χ0) is 15.4. The van der Waals surface area contributed by atoms with E-state index in [0.29, 0.717) is 0 Å². The molecule has 1 N–H and O–H groups in total. The number of rotatable bonds is 5. The first-order chi connectivity index (χ1) is 10.0. The Bertz CT molecular complexity index is 599. The lowest BCUT2D eigenvalue weighted by Gasteiger charge is -2.21. The van der Waals surface area contributed by atoms with Gasteiger partial charge in [0.1, 0.15) is 0 Å². The van der Waals surface area contributed by atoms with Crippen molar-refractivity contribution in [3.8, 4) is 0 Å². The molecule has 112 valence electrons. The maximum atomic E-state index is 6.51. The molecule has 2 heteroatoms. The molecule has 0 aromatic heterocycles. The molecule has 0 spiro atoms. The van der Waals surface area contributed by atoms with Crippen LogP contribution in [0.1, 0.15) is 40.8 Å². The quantitative estimate of drug-likeness (QED) is 0.804. The number of hydrogen-bond acceptors (Lipinski definition) is 1. The Labute approximate surface area is 133 Å². The summed E-state index contributed by atoms with van der Waals surface area (Å²) >= 11 is 6.51. The van der Waals surface area contributed by atoms with Crippen LogP contribution < -0.4 is 5.32 Å². The Kier molecular flexibility index (Phi) is 5.44. The molecule has 2 rings (SSSR count). The first kappa shape index (κ1) is 16.1. The minimum atomic E-state index is 0.253. The predicted octanol–water partition coefficient (Wildman–Crippen LogP) is 5.16. The summed E-state index contributed by atoms with van der Waals surface area (Å²) in [6.45, 7) is 9.43. The van der Waals surface area contributed by atoms with Crippen LogP contribution in [0.5, 0.6) is 0 Å². The van der Waals surface area contributed by atoms with Gasteiger partial charge in [-0.1, -0.05) is 66.0 Å². The summed E-state index contributed by atoms with van der Waals surface area (Å²) < 4.78 is 0. The van der Waals surface area contributed by atoms with Crippen LogP contribution in [0.2, 0.25) is 5.02 Å². The van der Waals surface area contributed by atoms with Gasteiger partial charge in [0.25, 0.3) is 0 Å². The molecule has 2 aromatic carbocycles. The van der Waals surface area contributed by atoms with Crippen LogP contribution in [0.4, 0.5) is 0 Å². The standard InChI is InChI=1S/C19H24ClN/c1-5-21-18(17-8-6-7-15(4)19(17)20)12-16-10-13(2)9-14(3)11-16/h6-11,18,21H,5,12H2,1-4H3. The SMILES string of the molecule is CCNC(Cc1cc(C)cc(C)c1)c1cccc(C)c1Cl. The maximum absolute atomic E-state index is 6.51. The van der Waals surface area contributed by atoms with Gasteiger partial charge < -0.3 is 5.32 Å². The van der Waals surface area contributed by atoms with E-state index in [1.165, 1.54) is 22.3 Å². The molecule has 1 nitrogen and oxygen atoms in total. The average Bonchev–Trinajstić information content (AvgIpc) is 2.40. The topological polar surface area (TPSA) is 12.0 Å². The van der Waals surface area contributed by atoms with Crippen molar-refractivity contribution in [2.75, 3.05) is 6.54 Å². The second-order valence-electron chi connectivity index (χ2n) is 5.79. The van der Waals surface area contributed by atoms with Crippen LogP contribution in [0.25, 0.3) is 0 Å². The van der Waals surface area contributed by atoms with E-state index >= 15 is 0 Å². The summed E-state index contributed by atoms with van der Waals surface area (Å²) in [4.78, 5) is 0. The molecule has 1 atom stereocenters. The molecular weight excluding hydrogens is 278 g/mol. The number of aryl methyl sites for hydroxylation is 3. The molecule has 0 heterocycles. The number of benzene rings is 2. The van der Waals surface area contributed by atoms with Crippen molar-refractivity contribution < 1.29 is 0 Å². The minimum absolute atomic E-state index is 0.253. The predicted molar refractivity (Wildman–Crippen MR) is 92.2 cm³/mol. The molecule has 0 fully saturated rings. The van der Waals surface area contributed by atoms with E-state index in [4.69, 9.17) is 11.6 Å². The van der Waals surface area contributed by atoms with E-state index in [2.05, 4.69) is 69.4 Å². The summed E-state index contributed by atoms with van der Waals surface area (Å²) in [6.07, 6.45) is 0.958. The van der Waals surface area contributed by atoms with Gasteiger partial charge in [-0.2, -0.15) is 0 Å². The van der Waals surface area contributed by atoms with Gasteiger partial charge in [-0.15, -0.1) is 0 Å². The highest BCUT2D eigenvalue weighted by atomic mass is 35.5. The van der Waals surface area contributed by atoms with Gasteiger partial charge >= 0.3 is 0 Å². The van der Waals surface area contributed by atoms with Gasteiger partial charge in [0.2, 0.25) is 0 Å². The molecule has 0 aliphatic heterocycles. The molecule has 0 radical (unpaired) electrons. The van der Waals surface area contributed by atoms with Gasteiger partial charge in [-0.05, 0) is 50.4 Å². The van der Waals surface area contributed by atoms with Gasteiger partial charge in [0.15, 0.2) is 0 Å². The molecule has 0 amide bonds. The molecule has 0 bridgehead atoms. The van der Waals surface area contributed by atoms with Gasteiger partial charge in [-0.25, -0.2) is 0 Å². The van der Waals surface area contributed by atoms with Crippen LogP contribution in [0.3, 0.4) is 0 Å². The lowest BCUT2D eigenvalue weighted by atomic mass is 9.95. The summed E-state index contributed by atoms with van der Waals surface area (Å²) in [5, 5.41) is 4.45. The molecule has 0 saturated heterocycles. The highest BCUT2D eigenvalue weighted by Gasteiger charge is 2.15. The van der Waals surface area contributed by atoms with Crippen LogP contribution >= 0.6 is 11.6 Å². The summed E-state index contributed by atoms with van der Waals surface area (Å²) in [6, 6.07) is 13.3. The number of hydrogen-bond donors (Lipinski definition) is 1. The first-order valence-electron chi connectivity index (χ1n) is 7.56. The fraction of sp³-hybridized carbons (Fsp3) is 0.368. The van der Waals surface area contributed by atoms with E-state index < -0.39 is 0 Å². The minimum Gasteiger partial charge on any atom is -0.310 e. The smallest absolute Gasteiger partial charge is 0.0483 e. The van der Waals surface area contributed by atoms with E-state index in [9.17, 15) is 0 Å². The van der Waals surface area contributed by atoms with E-state index in [1.54, 1.807) is 0 Å². The molecule has 1 unspecified atom stereocenters. The normalized spacial score (nSPS) is 12.4. The third kappa shape index (κ3) is 4.09. The zero-order valence-corrected chi connectivity index (χ0v) is 14.1. The Hall–Kier alpha value is -1.31. The van der Waals surface area contributed by atoms with E-state index in [1.807, 2.05) is 0 Å². The van der Waals surface area contributed by atoms with Gasteiger partial charge in [0.05, 0.1) is 0 Å². The van der Waals surface area contributed by atoms with Crippen LogP contribution in [0, 0.1) is 20.8 Å². The summed E-state index contributed by atoms with van der Waals surface area (Å²) in [5.74, 6) is 0. The highest BCUT2D eigenvalue weighted by molar-refractivity contribution is 6.32. The molecular formula is C19H24ClN. The Morgan fingerprint density at radius 1 is 1.05 bits per heavy atom. The van der Waals surface area contributed by atoms with Gasteiger partial charge in [-0.3, -0.25) is 0 Å². The monoisotopic (exact) mass is 301 g/mol. The highest BCUT2D eigenvalue weighted by Crippen LogP contribution is 2.28. The molecule has 0 aliphatic rings.